The molecule has 1 aromatic rings. The number of benzene rings is 1. The number of rotatable bonds is 7. The molecule has 0 aliphatic heterocycles. The Morgan fingerprint density at radius 1 is 1.31 bits per heavy atom. The lowest BCUT2D eigenvalue weighted by Crippen LogP contribution is -2.28. The molecule has 16 heavy (non-hydrogen) atoms. The van der Waals surface area contributed by atoms with E-state index < -0.39 is 0 Å². The Balaban J connectivity index is 2.30. The largest absolute Gasteiger partial charge is 0.497 e. The topological polar surface area (TPSA) is 47.3 Å². The first kappa shape index (κ1) is 12.8. The maximum Gasteiger partial charge on any atom is 0.119 e. The van der Waals surface area contributed by atoms with E-state index in [1.54, 1.807) is 7.11 Å². The number of methoxy groups -OCH3 is 1. The molecule has 3 heteroatoms. The summed E-state index contributed by atoms with van der Waals surface area (Å²) in [6, 6.07) is 8.14. The van der Waals surface area contributed by atoms with Gasteiger partial charge in [0.2, 0.25) is 0 Å². The highest BCUT2D eigenvalue weighted by Gasteiger charge is 2.01. The number of anilines is 1. The standard InChI is InChI=1S/C13H22N2O/c1-3-4-5-11(14)10-15-12-6-8-13(16-2)9-7-12/h6-9,11,15H,3-5,10,14H2,1-2H3/t11-/m0/s1. The molecule has 1 aromatic carbocycles. The van der Waals surface area contributed by atoms with Gasteiger partial charge in [-0.25, -0.2) is 0 Å². The third-order valence-corrected chi connectivity index (χ3v) is 2.59. The highest BCUT2D eigenvalue weighted by atomic mass is 16.5. The third kappa shape index (κ3) is 4.53. The van der Waals surface area contributed by atoms with Crippen LogP contribution in [0.5, 0.6) is 5.75 Å². The minimum Gasteiger partial charge on any atom is -0.497 e. The van der Waals surface area contributed by atoms with E-state index >= 15 is 0 Å². The minimum absolute atomic E-state index is 0.238. The van der Waals surface area contributed by atoms with E-state index in [0.29, 0.717) is 0 Å². The van der Waals surface area contributed by atoms with Gasteiger partial charge >= 0.3 is 0 Å². The molecule has 0 spiro atoms. The zero-order chi connectivity index (χ0) is 11.8. The lowest BCUT2D eigenvalue weighted by Gasteiger charge is -2.13. The number of unbranched alkanes of at least 4 members (excludes halogenated alkanes) is 1. The average Bonchev–Trinajstić information content (AvgIpc) is 2.34. The summed E-state index contributed by atoms with van der Waals surface area (Å²) in [5.74, 6) is 0.876. The van der Waals surface area contributed by atoms with Gasteiger partial charge in [-0.05, 0) is 30.7 Å². The maximum absolute atomic E-state index is 5.98. The normalized spacial score (nSPS) is 12.2. The highest BCUT2D eigenvalue weighted by Crippen LogP contribution is 2.14. The molecule has 0 fully saturated rings. The van der Waals surface area contributed by atoms with Gasteiger partial charge in [-0.15, -0.1) is 0 Å². The van der Waals surface area contributed by atoms with E-state index in [-0.39, 0.29) is 6.04 Å². The van der Waals surface area contributed by atoms with Crippen molar-refractivity contribution in [1.29, 1.82) is 0 Å². The SMILES string of the molecule is CCCC[C@H](N)CNc1ccc(OC)cc1. The molecule has 0 amide bonds. The molecule has 3 nitrogen and oxygen atoms in total. The van der Waals surface area contributed by atoms with Crippen molar-refractivity contribution in [3.63, 3.8) is 0 Å². The summed E-state index contributed by atoms with van der Waals surface area (Å²) in [5, 5.41) is 3.32. The predicted molar refractivity (Wildman–Crippen MR) is 69.0 cm³/mol. The molecule has 0 aliphatic carbocycles. The van der Waals surface area contributed by atoms with E-state index in [2.05, 4.69) is 12.2 Å². The predicted octanol–water partition coefficient (Wildman–Crippen LogP) is 2.62. The molecule has 0 aromatic heterocycles. The van der Waals surface area contributed by atoms with E-state index in [0.717, 1.165) is 24.4 Å². The fraction of sp³-hybridized carbons (Fsp3) is 0.538. The number of nitrogens with two attached hydrogens (primary N) is 1. The van der Waals surface area contributed by atoms with Gasteiger partial charge in [0.25, 0.3) is 0 Å². The number of hydrogen-bond donors (Lipinski definition) is 2. The second-order valence-electron chi connectivity index (χ2n) is 4.01. The van der Waals surface area contributed by atoms with Crippen LogP contribution in [-0.4, -0.2) is 19.7 Å². The summed E-state index contributed by atoms with van der Waals surface area (Å²) in [7, 11) is 1.67. The number of hydrogen-bond acceptors (Lipinski definition) is 3. The van der Waals surface area contributed by atoms with E-state index in [9.17, 15) is 0 Å². The molecule has 1 atom stereocenters. The van der Waals surface area contributed by atoms with Gasteiger partial charge in [-0.3, -0.25) is 0 Å². The quantitative estimate of drug-likeness (QED) is 0.745. The van der Waals surface area contributed by atoms with Crippen LogP contribution in [0.3, 0.4) is 0 Å². The van der Waals surface area contributed by atoms with E-state index in [4.69, 9.17) is 10.5 Å². The van der Waals surface area contributed by atoms with Crippen molar-refractivity contribution in [3.8, 4) is 5.75 Å². The third-order valence-electron chi connectivity index (χ3n) is 2.59. The fourth-order valence-electron chi connectivity index (χ4n) is 1.53. The number of ether oxygens (including phenoxy) is 1. The maximum atomic E-state index is 5.98. The minimum atomic E-state index is 0.238. The first-order valence-corrected chi connectivity index (χ1v) is 5.89. The van der Waals surface area contributed by atoms with Crippen LogP contribution < -0.4 is 15.8 Å². The number of nitrogens with one attached hydrogen (secondary N) is 1. The lowest BCUT2D eigenvalue weighted by molar-refractivity contribution is 0.415. The fourth-order valence-corrected chi connectivity index (χ4v) is 1.53. The Labute approximate surface area is 98.0 Å². The summed E-state index contributed by atoms with van der Waals surface area (Å²) in [4.78, 5) is 0. The van der Waals surface area contributed by atoms with Crippen molar-refractivity contribution in [1.82, 2.24) is 0 Å². The average molecular weight is 222 g/mol. The summed E-state index contributed by atoms with van der Waals surface area (Å²) in [6.07, 6.45) is 3.49. The van der Waals surface area contributed by atoms with Gasteiger partial charge in [0, 0.05) is 18.3 Å². The Kier molecular flexibility index (Phi) is 5.72. The Morgan fingerprint density at radius 3 is 2.56 bits per heavy atom. The molecule has 0 unspecified atom stereocenters. The zero-order valence-corrected chi connectivity index (χ0v) is 10.2. The van der Waals surface area contributed by atoms with Gasteiger partial charge in [-0.1, -0.05) is 19.8 Å². The summed E-state index contributed by atoms with van der Waals surface area (Å²) in [5.41, 5.74) is 7.07. The molecule has 3 N–H and O–H groups in total. The summed E-state index contributed by atoms with van der Waals surface area (Å²) >= 11 is 0. The molecule has 0 aliphatic rings. The molecule has 0 saturated heterocycles. The van der Waals surface area contributed by atoms with Crippen molar-refractivity contribution in [2.45, 2.75) is 32.2 Å². The summed E-state index contributed by atoms with van der Waals surface area (Å²) in [6.45, 7) is 3.01. The second kappa shape index (κ2) is 7.12. The van der Waals surface area contributed by atoms with Crippen LogP contribution in [0, 0.1) is 0 Å². The smallest absolute Gasteiger partial charge is 0.119 e. The van der Waals surface area contributed by atoms with Crippen LogP contribution in [0.2, 0.25) is 0 Å². The van der Waals surface area contributed by atoms with Gasteiger partial charge in [-0.2, -0.15) is 0 Å². The van der Waals surface area contributed by atoms with Crippen molar-refractivity contribution >= 4 is 5.69 Å². The molecule has 0 bridgehead atoms. The Morgan fingerprint density at radius 2 is 2.00 bits per heavy atom. The van der Waals surface area contributed by atoms with Crippen LogP contribution in [0.1, 0.15) is 26.2 Å². The molecular formula is C13H22N2O. The van der Waals surface area contributed by atoms with E-state index in [1.807, 2.05) is 24.3 Å². The zero-order valence-electron chi connectivity index (χ0n) is 10.2. The van der Waals surface area contributed by atoms with E-state index in [1.165, 1.54) is 12.8 Å². The van der Waals surface area contributed by atoms with Crippen LogP contribution in [0.15, 0.2) is 24.3 Å². The van der Waals surface area contributed by atoms with Crippen LogP contribution in [-0.2, 0) is 0 Å². The second-order valence-corrected chi connectivity index (χ2v) is 4.01. The van der Waals surface area contributed by atoms with Crippen LogP contribution in [0.4, 0.5) is 5.69 Å². The van der Waals surface area contributed by atoms with Crippen molar-refractivity contribution in [2.75, 3.05) is 19.0 Å². The monoisotopic (exact) mass is 222 g/mol. The molecular weight excluding hydrogens is 200 g/mol. The van der Waals surface area contributed by atoms with Gasteiger partial charge < -0.3 is 15.8 Å². The molecule has 0 heterocycles. The first-order valence-electron chi connectivity index (χ1n) is 5.89. The van der Waals surface area contributed by atoms with Gasteiger partial charge in [0.15, 0.2) is 0 Å². The molecule has 0 radical (unpaired) electrons. The van der Waals surface area contributed by atoms with Gasteiger partial charge in [0.05, 0.1) is 7.11 Å². The first-order chi connectivity index (χ1) is 7.76. The Hall–Kier alpha value is -1.22. The van der Waals surface area contributed by atoms with Crippen molar-refractivity contribution in [3.05, 3.63) is 24.3 Å². The van der Waals surface area contributed by atoms with Crippen LogP contribution >= 0.6 is 0 Å². The van der Waals surface area contributed by atoms with Crippen molar-refractivity contribution < 1.29 is 4.74 Å². The van der Waals surface area contributed by atoms with Crippen LogP contribution in [0.25, 0.3) is 0 Å². The summed E-state index contributed by atoms with van der Waals surface area (Å²) < 4.78 is 5.10. The molecule has 0 saturated carbocycles. The molecule has 1 rings (SSSR count). The lowest BCUT2D eigenvalue weighted by atomic mass is 10.1. The van der Waals surface area contributed by atoms with Crippen molar-refractivity contribution in [2.24, 2.45) is 5.73 Å². The molecule has 90 valence electrons. The van der Waals surface area contributed by atoms with Gasteiger partial charge in [0.1, 0.15) is 5.75 Å². The Bertz CT molecular complexity index is 284. The highest BCUT2D eigenvalue weighted by molar-refractivity contribution is 5.46.